The molecular formula is C15H26N6O7S. The van der Waals surface area contributed by atoms with Gasteiger partial charge in [-0.2, -0.15) is 12.6 Å². The van der Waals surface area contributed by atoms with Crippen LogP contribution in [0.2, 0.25) is 0 Å². The molecule has 0 saturated heterocycles. The molecule has 14 heteroatoms. The van der Waals surface area contributed by atoms with Crippen LogP contribution in [0.15, 0.2) is 0 Å². The molecule has 0 heterocycles. The van der Waals surface area contributed by atoms with Crippen LogP contribution in [0.25, 0.3) is 0 Å². The number of hydrogen-bond acceptors (Lipinski definition) is 8. The second-order valence-electron chi connectivity index (χ2n) is 6.17. The largest absolute Gasteiger partial charge is 0.480 e. The number of carbonyl (C=O) groups is 6. The molecule has 0 aromatic heterocycles. The van der Waals surface area contributed by atoms with Crippen LogP contribution in [0, 0.1) is 0 Å². The fraction of sp³-hybridized carbons (Fsp3) is 0.600. The molecule has 0 aliphatic heterocycles. The molecule has 4 unspecified atom stereocenters. The molecule has 0 aliphatic carbocycles. The first kappa shape index (κ1) is 26.1. The third kappa shape index (κ3) is 10.3. The molecule has 0 rings (SSSR count). The maximum absolute atomic E-state index is 12.5. The van der Waals surface area contributed by atoms with Gasteiger partial charge in [0.05, 0.1) is 12.5 Å². The molecule has 13 nitrogen and oxygen atoms in total. The minimum absolute atomic E-state index is 0.196. The van der Waals surface area contributed by atoms with Gasteiger partial charge in [-0.05, 0) is 13.3 Å². The molecule has 10 N–H and O–H groups in total. The van der Waals surface area contributed by atoms with Gasteiger partial charge in [0, 0.05) is 12.2 Å². The van der Waals surface area contributed by atoms with Gasteiger partial charge < -0.3 is 38.3 Å². The quantitative estimate of drug-likeness (QED) is 0.132. The highest BCUT2D eigenvalue weighted by Gasteiger charge is 2.30. The highest BCUT2D eigenvalue weighted by molar-refractivity contribution is 7.80. The number of thiol groups is 1. The Balaban J connectivity index is 5.40. The summed E-state index contributed by atoms with van der Waals surface area (Å²) in [4.78, 5) is 69.9. The van der Waals surface area contributed by atoms with Gasteiger partial charge in [0.15, 0.2) is 0 Å². The van der Waals surface area contributed by atoms with Gasteiger partial charge in [0.25, 0.3) is 0 Å². The maximum Gasteiger partial charge on any atom is 0.327 e. The van der Waals surface area contributed by atoms with Gasteiger partial charge in [-0.15, -0.1) is 0 Å². The number of hydrogen-bond donors (Lipinski definition) is 8. The summed E-state index contributed by atoms with van der Waals surface area (Å²) in [5.41, 5.74) is 15.6. The van der Waals surface area contributed by atoms with E-state index < -0.39 is 66.1 Å². The number of carboxylic acid groups (broad SMARTS) is 1. The SMILES string of the molecule is CC(N)C(=O)NC(CCC(N)=O)C(=O)NC(CC(N)=O)C(=O)NC(CS)C(=O)O. The molecule has 5 amide bonds. The van der Waals surface area contributed by atoms with Crippen LogP contribution < -0.4 is 33.2 Å². The van der Waals surface area contributed by atoms with Crippen molar-refractivity contribution in [2.45, 2.75) is 50.4 Å². The molecule has 0 bridgehead atoms. The topological polar surface area (TPSA) is 237 Å². The number of rotatable bonds is 13. The molecule has 0 radical (unpaired) electrons. The summed E-state index contributed by atoms with van der Waals surface area (Å²) >= 11 is 3.80. The van der Waals surface area contributed by atoms with Crippen LogP contribution in [-0.2, 0) is 28.8 Å². The van der Waals surface area contributed by atoms with E-state index in [1.165, 1.54) is 6.92 Å². The summed E-state index contributed by atoms with van der Waals surface area (Å²) in [5, 5.41) is 15.6. The molecular weight excluding hydrogens is 408 g/mol. The van der Waals surface area contributed by atoms with Gasteiger partial charge in [0.2, 0.25) is 29.5 Å². The second-order valence-corrected chi connectivity index (χ2v) is 6.53. The monoisotopic (exact) mass is 434 g/mol. The van der Waals surface area contributed by atoms with E-state index in [1.54, 1.807) is 0 Å². The zero-order valence-corrected chi connectivity index (χ0v) is 16.6. The van der Waals surface area contributed by atoms with Crippen LogP contribution in [-0.4, -0.2) is 70.5 Å². The summed E-state index contributed by atoms with van der Waals surface area (Å²) < 4.78 is 0. The van der Waals surface area contributed by atoms with E-state index in [2.05, 4.69) is 28.6 Å². The Bertz CT molecular complexity index is 657. The molecule has 4 atom stereocenters. The number of carboxylic acids is 1. The zero-order chi connectivity index (χ0) is 22.7. The van der Waals surface area contributed by atoms with Crippen molar-refractivity contribution >= 4 is 48.1 Å². The van der Waals surface area contributed by atoms with Crippen LogP contribution in [0.3, 0.4) is 0 Å². The Labute approximate surface area is 171 Å². The van der Waals surface area contributed by atoms with E-state index in [9.17, 15) is 28.8 Å². The fourth-order valence-electron chi connectivity index (χ4n) is 2.00. The van der Waals surface area contributed by atoms with E-state index >= 15 is 0 Å². The first-order chi connectivity index (χ1) is 13.4. The van der Waals surface area contributed by atoms with Crippen molar-refractivity contribution in [2.24, 2.45) is 17.2 Å². The van der Waals surface area contributed by atoms with Crippen LogP contribution >= 0.6 is 12.6 Å². The average Bonchev–Trinajstić information content (AvgIpc) is 2.60. The summed E-state index contributed by atoms with van der Waals surface area (Å²) in [7, 11) is 0. The third-order valence-electron chi connectivity index (χ3n) is 3.56. The summed E-state index contributed by atoms with van der Waals surface area (Å²) in [6.07, 6.45) is -1.09. The fourth-order valence-corrected chi connectivity index (χ4v) is 2.25. The molecule has 0 aromatic carbocycles. The standard InChI is InChI=1S/C15H26N6O7S/c1-6(16)12(24)19-7(2-3-10(17)22)13(25)20-8(4-11(18)23)14(26)21-9(5-29)15(27)28/h6-9,29H,2-5,16H2,1H3,(H2,17,22)(H2,18,23)(H,19,24)(H,20,25)(H,21,26)(H,27,28). The smallest absolute Gasteiger partial charge is 0.327 e. The van der Waals surface area contributed by atoms with Crippen molar-refractivity contribution in [1.29, 1.82) is 0 Å². The zero-order valence-electron chi connectivity index (χ0n) is 15.7. The average molecular weight is 434 g/mol. The third-order valence-corrected chi connectivity index (χ3v) is 3.93. The van der Waals surface area contributed by atoms with Crippen molar-refractivity contribution in [3.05, 3.63) is 0 Å². The summed E-state index contributed by atoms with van der Waals surface area (Å²) in [5.74, 6) is -5.92. The Morgan fingerprint density at radius 3 is 1.76 bits per heavy atom. The predicted octanol–water partition coefficient (Wildman–Crippen LogP) is -4.06. The Morgan fingerprint density at radius 2 is 1.34 bits per heavy atom. The van der Waals surface area contributed by atoms with Crippen LogP contribution in [0.5, 0.6) is 0 Å². The lowest BCUT2D eigenvalue weighted by Gasteiger charge is -2.24. The number of nitrogens with one attached hydrogen (secondary N) is 3. The summed E-state index contributed by atoms with van der Waals surface area (Å²) in [6.45, 7) is 1.37. The normalized spacial score (nSPS) is 14.6. The molecule has 0 aromatic rings. The molecule has 0 fully saturated rings. The van der Waals surface area contributed by atoms with Gasteiger partial charge in [-0.1, -0.05) is 0 Å². The Morgan fingerprint density at radius 1 is 0.862 bits per heavy atom. The van der Waals surface area contributed by atoms with Crippen molar-refractivity contribution in [3.63, 3.8) is 0 Å². The maximum atomic E-state index is 12.5. The van der Waals surface area contributed by atoms with E-state index in [1.807, 2.05) is 0 Å². The molecule has 0 spiro atoms. The highest BCUT2D eigenvalue weighted by Crippen LogP contribution is 2.02. The first-order valence-corrected chi connectivity index (χ1v) is 9.09. The number of carbonyl (C=O) groups excluding carboxylic acids is 5. The van der Waals surface area contributed by atoms with Crippen LogP contribution in [0.1, 0.15) is 26.2 Å². The number of aliphatic carboxylic acids is 1. The van der Waals surface area contributed by atoms with E-state index in [-0.39, 0.29) is 18.6 Å². The van der Waals surface area contributed by atoms with E-state index in [0.717, 1.165) is 0 Å². The van der Waals surface area contributed by atoms with E-state index in [4.69, 9.17) is 22.3 Å². The van der Waals surface area contributed by atoms with E-state index in [0.29, 0.717) is 0 Å². The second kappa shape index (κ2) is 12.6. The number of nitrogens with two attached hydrogens (primary N) is 3. The van der Waals surface area contributed by atoms with Gasteiger partial charge >= 0.3 is 5.97 Å². The molecule has 0 aliphatic rings. The molecule has 0 saturated carbocycles. The minimum atomic E-state index is -1.52. The Hall–Kier alpha value is -2.87. The number of primary amides is 2. The predicted molar refractivity (Wildman–Crippen MR) is 103 cm³/mol. The van der Waals surface area contributed by atoms with Crippen LogP contribution in [0.4, 0.5) is 0 Å². The van der Waals surface area contributed by atoms with Gasteiger partial charge in [0.1, 0.15) is 18.1 Å². The summed E-state index contributed by atoms with van der Waals surface area (Å²) in [6, 6.07) is -5.15. The number of amides is 5. The first-order valence-electron chi connectivity index (χ1n) is 8.46. The highest BCUT2D eigenvalue weighted by atomic mass is 32.1. The minimum Gasteiger partial charge on any atom is -0.480 e. The lowest BCUT2D eigenvalue weighted by molar-refractivity contribution is -0.141. The lowest BCUT2D eigenvalue weighted by atomic mass is 10.1. The van der Waals surface area contributed by atoms with Crippen molar-refractivity contribution in [2.75, 3.05) is 5.75 Å². The lowest BCUT2D eigenvalue weighted by Crippen LogP contribution is -2.57. The van der Waals surface area contributed by atoms with Crippen molar-refractivity contribution in [3.8, 4) is 0 Å². The van der Waals surface area contributed by atoms with Gasteiger partial charge in [-0.25, -0.2) is 4.79 Å². The van der Waals surface area contributed by atoms with Gasteiger partial charge in [-0.3, -0.25) is 24.0 Å². The Kier molecular flexibility index (Phi) is 11.3. The van der Waals surface area contributed by atoms with Crippen molar-refractivity contribution in [1.82, 2.24) is 16.0 Å². The van der Waals surface area contributed by atoms with Crippen molar-refractivity contribution < 1.29 is 33.9 Å². The molecule has 29 heavy (non-hydrogen) atoms. The molecule has 164 valence electrons.